The molecule has 0 saturated heterocycles. The molecule has 1 atom stereocenters. The number of hydrogen-bond acceptors (Lipinski definition) is 5. The highest BCUT2D eigenvalue weighted by atomic mass is 35.5. The van der Waals surface area contributed by atoms with Gasteiger partial charge in [-0.25, -0.2) is 9.67 Å². The number of nitrogens with zero attached hydrogens (tertiary/aromatic N) is 3. The minimum absolute atomic E-state index is 0. The molecule has 1 aromatic heterocycles. The van der Waals surface area contributed by atoms with E-state index in [1.807, 2.05) is 24.3 Å². The van der Waals surface area contributed by atoms with Crippen molar-refractivity contribution in [2.45, 2.75) is 19.1 Å². The van der Waals surface area contributed by atoms with Crippen molar-refractivity contribution in [1.82, 2.24) is 14.8 Å². The van der Waals surface area contributed by atoms with E-state index in [-0.39, 0.29) is 43.2 Å². The maximum Gasteiger partial charge on any atom is 0.227 e. The number of amides is 1. The minimum Gasteiger partial charge on any atom is -0.380 e. The van der Waals surface area contributed by atoms with Crippen LogP contribution in [0.5, 0.6) is 0 Å². The average Bonchev–Trinajstić information content (AvgIpc) is 3.00. The molecule has 128 valence electrons. The summed E-state index contributed by atoms with van der Waals surface area (Å²) in [6.45, 7) is 0.966. The Kier molecular flexibility index (Phi) is 10.2. The molecule has 0 radical (unpaired) electrons. The zero-order valence-electron chi connectivity index (χ0n) is 12.7. The fourth-order valence-electron chi connectivity index (χ4n) is 1.88. The minimum atomic E-state index is -0.253. The second kappa shape index (κ2) is 11.0. The Morgan fingerprint density at radius 1 is 1.35 bits per heavy atom. The highest BCUT2D eigenvalue weighted by Gasteiger charge is 2.11. The molecule has 0 saturated carbocycles. The summed E-state index contributed by atoms with van der Waals surface area (Å²) >= 11 is 0. The fourth-order valence-corrected chi connectivity index (χ4v) is 1.88. The standard InChI is InChI=1S/C14H19N5O2.2ClH/c1-21-13(7-15)6-14(20)18-12-4-2-11(3-5-12)8-19-10-16-9-17-19;;/h2-5,9-10,13H,6-8,15H2,1H3,(H,18,20);2*1H. The van der Waals surface area contributed by atoms with Crippen LogP contribution in [0.15, 0.2) is 36.9 Å². The van der Waals surface area contributed by atoms with Crippen molar-refractivity contribution in [1.29, 1.82) is 0 Å². The van der Waals surface area contributed by atoms with Gasteiger partial charge in [0, 0.05) is 19.3 Å². The van der Waals surface area contributed by atoms with Gasteiger partial charge in [0.25, 0.3) is 0 Å². The number of ether oxygens (including phenoxy) is 1. The van der Waals surface area contributed by atoms with E-state index in [4.69, 9.17) is 10.5 Å². The van der Waals surface area contributed by atoms with Gasteiger partial charge in [-0.2, -0.15) is 5.10 Å². The molecule has 3 N–H and O–H groups in total. The molecule has 23 heavy (non-hydrogen) atoms. The van der Waals surface area contributed by atoms with E-state index in [0.717, 1.165) is 11.3 Å². The predicted molar refractivity (Wildman–Crippen MR) is 93.2 cm³/mol. The first-order valence-electron chi connectivity index (χ1n) is 6.65. The predicted octanol–water partition coefficient (Wildman–Crippen LogP) is 1.47. The molecule has 0 spiro atoms. The van der Waals surface area contributed by atoms with E-state index in [1.165, 1.54) is 6.33 Å². The molecule has 1 unspecified atom stereocenters. The van der Waals surface area contributed by atoms with Gasteiger partial charge in [-0.1, -0.05) is 12.1 Å². The lowest BCUT2D eigenvalue weighted by molar-refractivity contribution is -0.118. The summed E-state index contributed by atoms with van der Waals surface area (Å²) in [6.07, 6.45) is 3.15. The van der Waals surface area contributed by atoms with Gasteiger partial charge in [0.15, 0.2) is 0 Å². The van der Waals surface area contributed by atoms with Gasteiger partial charge < -0.3 is 15.8 Å². The number of rotatable bonds is 7. The third-order valence-corrected chi connectivity index (χ3v) is 3.06. The number of anilines is 1. The second-order valence-electron chi connectivity index (χ2n) is 4.64. The smallest absolute Gasteiger partial charge is 0.227 e. The van der Waals surface area contributed by atoms with Crippen molar-refractivity contribution < 1.29 is 9.53 Å². The highest BCUT2D eigenvalue weighted by Crippen LogP contribution is 2.11. The van der Waals surface area contributed by atoms with Gasteiger partial charge in [-0.15, -0.1) is 24.8 Å². The Balaban J connectivity index is 0.00000242. The van der Waals surface area contributed by atoms with Crippen LogP contribution in [0.2, 0.25) is 0 Å². The van der Waals surface area contributed by atoms with Gasteiger partial charge >= 0.3 is 0 Å². The van der Waals surface area contributed by atoms with E-state index in [0.29, 0.717) is 13.1 Å². The van der Waals surface area contributed by atoms with Crippen molar-refractivity contribution in [2.75, 3.05) is 19.0 Å². The summed E-state index contributed by atoms with van der Waals surface area (Å²) in [6, 6.07) is 7.59. The van der Waals surface area contributed by atoms with Crippen LogP contribution in [0.3, 0.4) is 0 Å². The molecule has 0 aliphatic carbocycles. The van der Waals surface area contributed by atoms with Crippen LogP contribution in [0.1, 0.15) is 12.0 Å². The van der Waals surface area contributed by atoms with Gasteiger partial charge in [-0.05, 0) is 17.7 Å². The number of carbonyl (C=O) groups is 1. The Hall–Kier alpha value is -1.67. The third kappa shape index (κ3) is 6.96. The quantitative estimate of drug-likeness (QED) is 0.778. The SMILES string of the molecule is COC(CN)CC(=O)Nc1ccc(Cn2cncn2)cc1.Cl.Cl. The Labute approximate surface area is 147 Å². The first kappa shape index (κ1) is 21.3. The van der Waals surface area contributed by atoms with Crippen molar-refractivity contribution >= 4 is 36.4 Å². The topological polar surface area (TPSA) is 95.1 Å². The number of hydrogen-bond donors (Lipinski definition) is 2. The zero-order valence-corrected chi connectivity index (χ0v) is 14.3. The van der Waals surface area contributed by atoms with E-state index < -0.39 is 0 Å². The molecule has 0 fully saturated rings. The third-order valence-electron chi connectivity index (χ3n) is 3.06. The number of halogens is 2. The molecule has 2 aromatic rings. The number of nitrogens with two attached hydrogens (primary N) is 1. The van der Waals surface area contributed by atoms with E-state index >= 15 is 0 Å². The van der Waals surface area contributed by atoms with Crippen LogP contribution in [0.4, 0.5) is 5.69 Å². The molecular weight excluding hydrogens is 341 g/mol. The Morgan fingerprint density at radius 3 is 2.57 bits per heavy atom. The molecule has 9 heteroatoms. The number of aromatic nitrogens is 3. The first-order chi connectivity index (χ1) is 10.2. The van der Waals surface area contributed by atoms with E-state index in [9.17, 15) is 4.79 Å². The summed E-state index contributed by atoms with van der Waals surface area (Å²) in [4.78, 5) is 15.7. The lowest BCUT2D eigenvalue weighted by Gasteiger charge is -2.12. The molecule has 0 bridgehead atoms. The fraction of sp³-hybridized carbons (Fsp3) is 0.357. The summed E-state index contributed by atoms with van der Waals surface area (Å²) in [7, 11) is 1.55. The van der Waals surface area contributed by atoms with Gasteiger partial charge in [0.2, 0.25) is 5.91 Å². The van der Waals surface area contributed by atoms with Gasteiger partial charge in [0.1, 0.15) is 12.7 Å². The largest absolute Gasteiger partial charge is 0.380 e. The van der Waals surface area contributed by atoms with Crippen LogP contribution < -0.4 is 11.1 Å². The van der Waals surface area contributed by atoms with Crippen LogP contribution >= 0.6 is 24.8 Å². The average molecular weight is 362 g/mol. The molecule has 0 aliphatic rings. The highest BCUT2D eigenvalue weighted by molar-refractivity contribution is 5.91. The second-order valence-corrected chi connectivity index (χ2v) is 4.64. The van der Waals surface area contributed by atoms with Crippen LogP contribution in [-0.4, -0.2) is 40.4 Å². The summed E-state index contributed by atoms with van der Waals surface area (Å²) in [5.74, 6) is -0.115. The molecule has 2 rings (SSSR count). The van der Waals surface area contributed by atoms with E-state index in [2.05, 4.69) is 15.4 Å². The molecule has 1 aromatic carbocycles. The van der Waals surface area contributed by atoms with Crippen molar-refractivity contribution in [3.63, 3.8) is 0 Å². The van der Waals surface area contributed by atoms with Gasteiger partial charge in [0.05, 0.1) is 19.1 Å². The monoisotopic (exact) mass is 361 g/mol. The Bertz CT molecular complexity index is 559. The van der Waals surface area contributed by atoms with Crippen LogP contribution in [-0.2, 0) is 16.1 Å². The maximum absolute atomic E-state index is 11.8. The zero-order chi connectivity index (χ0) is 15.1. The molecule has 1 amide bonds. The summed E-state index contributed by atoms with van der Waals surface area (Å²) in [5, 5.41) is 6.86. The molecular formula is C14H21Cl2N5O2. The number of nitrogens with one attached hydrogen (secondary N) is 1. The summed E-state index contributed by atoms with van der Waals surface area (Å²) in [5.41, 5.74) is 7.31. The van der Waals surface area contributed by atoms with Crippen molar-refractivity contribution in [2.24, 2.45) is 5.73 Å². The Morgan fingerprint density at radius 2 is 2.04 bits per heavy atom. The summed E-state index contributed by atoms with van der Waals surface area (Å²) < 4.78 is 6.82. The lowest BCUT2D eigenvalue weighted by Crippen LogP contribution is -2.28. The van der Waals surface area contributed by atoms with Crippen LogP contribution in [0, 0.1) is 0 Å². The molecule has 1 heterocycles. The maximum atomic E-state index is 11.8. The number of methoxy groups -OCH3 is 1. The normalized spacial score (nSPS) is 11.0. The van der Waals surface area contributed by atoms with Crippen molar-refractivity contribution in [3.05, 3.63) is 42.5 Å². The van der Waals surface area contributed by atoms with Gasteiger partial charge in [-0.3, -0.25) is 4.79 Å². The first-order valence-corrected chi connectivity index (χ1v) is 6.65. The molecule has 0 aliphatic heterocycles. The molecule has 7 nitrogen and oxygen atoms in total. The number of benzene rings is 1. The number of carbonyl (C=O) groups excluding carboxylic acids is 1. The van der Waals surface area contributed by atoms with E-state index in [1.54, 1.807) is 18.1 Å². The lowest BCUT2D eigenvalue weighted by atomic mass is 10.2. The van der Waals surface area contributed by atoms with Crippen molar-refractivity contribution in [3.8, 4) is 0 Å². The van der Waals surface area contributed by atoms with Crippen LogP contribution in [0.25, 0.3) is 0 Å².